The standard InChI is InChI=1S/C22H22FN3O4/c1-28-18-6-2-3-7-19(18)29-14-20(27)26-12-4-5-16(13-26)22-25-24-21(30-22)15-8-10-17(23)11-9-15/h2-3,6-11,16H,4-5,12-14H2,1H3. The van der Waals surface area contributed by atoms with Gasteiger partial charge in [0.1, 0.15) is 5.82 Å². The van der Waals surface area contributed by atoms with Crippen LogP contribution in [0.5, 0.6) is 11.5 Å². The predicted octanol–water partition coefficient (Wildman–Crippen LogP) is 3.67. The molecule has 1 fully saturated rings. The number of para-hydroxylation sites is 2. The van der Waals surface area contributed by atoms with Crippen molar-refractivity contribution in [3.8, 4) is 23.0 Å². The zero-order valence-electron chi connectivity index (χ0n) is 16.6. The van der Waals surface area contributed by atoms with Gasteiger partial charge < -0.3 is 18.8 Å². The van der Waals surface area contributed by atoms with E-state index in [1.54, 1.807) is 36.3 Å². The molecular formula is C22H22FN3O4. The Balaban J connectivity index is 1.38. The number of methoxy groups -OCH3 is 1. The average Bonchev–Trinajstić information content (AvgIpc) is 3.28. The van der Waals surface area contributed by atoms with Gasteiger partial charge in [0.15, 0.2) is 18.1 Å². The van der Waals surface area contributed by atoms with Crippen LogP contribution in [0.3, 0.4) is 0 Å². The number of hydrogen-bond donors (Lipinski definition) is 0. The summed E-state index contributed by atoms with van der Waals surface area (Å²) in [6.45, 7) is 1.07. The zero-order valence-corrected chi connectivity index (χ0v) is 16.6. The Labute approximate surface area is 173 Å². The summed E-state index contributed by atoms with van der Waals surface area (Å²) in [5, 5.41) is 8.23. The van der Waals surface area contributed by atoms with E-state index in [0.717, 1.165) is 12.8 Å². The van der Waals surface area contributed by atoms with Gasteiger partial charge in [-0.15, -0.1) is 10.2 Å². The smallest absolute Gasteiger partial charge is 0.260 e. The number of halogens is 1. The van der Waals surface area contributed by atoms with E-state index in [4.69, 9.17) is 13.9 Å². The second kappa shape index (κ2) is 8.94. The van der Waals surface area contributed by atoms with Gasteiger partial charge in [0.2, 0.25) is 11.8 Å². The summed E-state index contributed by atoms with van der Waals surface area (Å²) >= 11 is 0. The minimum atomic E-state index is -0.324. The first-order valence-electron chi connectivity index (χ1n) is 9.77. The molecule has 0 bridgehead atoms. The van der Waals surface area contributed by atoms with E-state index in [1.165, 1.54) is 12.1 Å². The largest absolute Gasteiger partial charge is 0.493 e. The number of aromatic nitrogens is 2. The highest BCUT2D eigenvalue weighted by atomic mass is 19.1. The summed E-state index contributed by atoms with van der Waals surface area (Å²) < 4.78 is 29.8. The predicted molar refractivity (Wildman–Crippen MR) is 107 cm³/mol. The molecule has 0 N–H and O–H groups in total. The van der Waals surface area contributed by atoms with Gasteiger partial charge in [-0.05, 0) is 49.2 Å². The van der Waals surface area contributed by atoms with Crippen LogP contribution in [0.1, 0.15) is 24.7 Å². The molecule has 0 aliphatic carbocycles. The van der Waals surface area contributed by atoms with E-state index in [0.29, 0.717) is 41.9 Å². The first-order valence-corrected chi connectivity index (χ1v) is 9.77. The lowest BCUT2D eigenvalue weighted by atomic mass is 9.98. The molecule has 1 aliphatic rings. The second-order valence-corrected chi connectivity index (χ2v) is 7.07. The Morgan fingerprint density at radius 3 is 2.70 bits per heavy atom. The van der Waals surface area contributed by atoms with Gasteiger partial charge in [0.25, 0.3) is 5.91 Å². The molecule has 1 saturated heterocycles. The molecule has 2 aromatic carbocycles. The van der Waals surface area contributed by atoms with Gasteiger partial charge in [-0.1, -0.05) is 12.1 Å². The van der Waals surface area contributed by atoms with Crippen molar-refractivity contribution in [2.45, 2.75) is 18.8 Å². The molecule has 7 nitrogen and oxygen atoms in total. The summed E-state index contributed by atoms with van der Waals surface area (Å²) in [7, 11) is 1.56. The van der Waals surface area contributed by atoms with Gasteiger partial charge >= 0.3 is 0 Å². The summed E-state index contributed by atoms with van der Waals surface area (Å²) in [6, 6.07) is 13.1. The molecule has 1 aliphatic heterocycles. The van der Waals surface area contributed by atoms with Crippen molar-refractivity contribution < 1.29 is 23.1 Å². The van der Waals surface area contributed by atoms with Crippen LogP contribution in [0.25, 0.3) is 11.5 Å². The average molecular weight is 411 g/mol. The maximum Gasteiger partial charge on any atom is 0.260 e. The van der Waals surface area contributed by atoms with Crippen LogP contribution in [-0.4, -0.2) is 47.8 Å². The molecule has 1 aromatic heterocycles. The van der Waals surface area contributed by atoms with Gasteiger partial charge in [-0.25, -0.2) is 4.39 Å². The van der Waals surface area contributed by atoms with Crippen molar-refractivity contribution in [3.05, 3.63) is 60.2 Å². The molecule has 4 rings (SSSR count). The fraction of sp³-hybridized carbons (Fsp3) is 0.318. The summed E-state index contributed by atoms with van der Waals surface area (Å²) in [6.07, 6.45) is 1.68. The first-order chi connectivity index (χ1) is 14.6. The number of hydrogen-bond acceptors (Lipinski definition) is 6. The van der Waals surface area contributed by atoms with E-state index in [1.807, 2.05) is 12.1 Å². The van der Waals surface area contributed by atoms with Gasteiger partial charge in [0, 0.05) is 18.7 Å². The van der Waals surface area contributed by atoms with Crippen molar-refractivity contribution in [2.75, 3.05) is 26.8 Å². The van der Waals surface area contributed by atoms with Crippen LogP contribution in [0, 0.1) is 5.82 Å². The lowest BCUT2D eigenvalue weighted by Gasteiger charge is -2.31. The molecule has 0 radical (unpaired) electrons. The molecule has 1 unspecified atom stereocenters. The number of carbonyl (C=O) groups excluding carboxylic acids is 1. The number of rotatable bonds is 6. The zero-order chi connectivity index (χ0) is 20.9. The Morgan fingerprint density at radius 2 is 1.93 bits per heavy atom. The molecule has 2 heterocycles. The van der Waals surface area contributed by atoms with Crippen LogP contribution in [-0.2, 0) is 4.79 Å². The normalized spacial score (nSPS) is 16.3. The monoisotopic (exact) mass is 411 g/mol. The fourth-order valence-corrected chi connectivity index (χ4v) is 3.48. The maximum absolute atomic E-state index is 13.1. The van der Waals surface area contributed by atoms with E-state index in [2.05, 4.69) is 10.2 Å². The Kier molecular flexibility index (Phi) is 5.92. The number of benzene rings is 2. The number of amides is 1. The third-order valence-electron chi connectivity index (χ3n) is 5.08. The lowest BCUT2D eigenvalue weighted by molar-refractivity contribution is -0.134. The van der Waals surface area contributed by atoms with Crippen molar-refractivity contribution in [1.82, 2.24) is 15.1 Å². The number of likely N-dealkylation sites (tertiary alicyclic amines) is 1. The van der Waals surface area contributed by atoms with Crippen LogP contribution < -0.4 is 9.47 Å². The van der Waals surface area contributed by atoms with Crippen molar-refractivity contribution in [3.63, 3.8) is 0 Å². The minimum Gasteiger partial charge on any atom is -0.493 e. The van der Waals surface area contributed by atoms with Crippen molar-refractivity contribution >= 4 is 5.91 Å². The highest BCUT2D eigenvalue weighted by Gasteiger charge is 2.29. The molecule has 30 heavy (non-hydrogen) atoms. The summed E-state index contributed by atoms with van der Waals surface area (Å²) in [5.41, 5.74) is 0.657. The number of piperidine rings is 1. The summed E-state index contributed by atoms with van der Waals surface area (Å²) in [4.78, 5) is 14.4. The van der Waals surface area contributed by atoms with Gasteiger partial charge in [0.05, 0.1) is 13.0 Å². The number of carbonyl (C=O) groups is 1. The van der Waals surface area contributed by atoms with Gasteiger partial charge in [-0.3, -0.25) is 4.79 Å². The highest BCUT2D eigenvalue weighted by Crippen LogP contribution is 2.29. The Bertz CT molecular complexity index is 1010. The van der Waals surface area contributed by atoms with Crippen molar-refractivity contribution in [2.24, 2.45) is 0 Å². The Morgan fingerprint density at radius 1 is 1.17 bits per heavy atom. The van der Waals surface area contributed by atoms with E-state index in [-0.39, 0.29) is 24.2 Å². The molecule has 156 valence electrons. The molecule has 0 spiro atoms. The first kappa shape index (κ1) is 19.9. The molecule has 1 atom stereocenters. The van der Waals surface area contributed by atoms with E-state index < -0.39 is 0 Å². The SMILES string of the molecule is COc1ccccc1OCC(=O)N1CCCC(c2nnc(-c3ccc(F)cc3)o2)C1. The third-order valence-corrected chi connectivity index (χ3v) is 5.08. The molecule has 3 aromatic rings. The lowest BCUT2D eigenvalue weighted by Crippen LogP contribution is -2.41. The molecule has 8 heteroatoms. The summed E-state index contributed by atoms with van der Waals surface area (Å²) in [5.74, 6) is 1.46. The van der Waals surface area contributed by atoms with Gasteiger partial charge in [-0.2, -0.15) is 0 Å². The van der Waals surface area contributed by atoms with Crippen LogP contribution >= 0.6 is 0 Å². The third kappa shape index (κ3) is 4.42. The maximum atomic E-state index is 13.1. The topological polar surface area (TPSA) is 77.7 Å². The molecule has 1 amide bonds. The number of nitrogens with zero attached hydrogens (tertiary/aromatic N) is 3. The van der Waals surface area contributed by atoms with Crippen LogP contribution in [0.4, 0.5) is 4.39 Å². The quantitative estimate of drug-likeness (QED) is 0.616. The Hall–Kier alpha value is -3.42. The molecule has 0 saturated carbocycles. The van der Waals surface area contributed by atoms with E-state index in [9.17, 15) is 9.18 Å². The number of ether oxygens (including phenoxy) is 2. The fourth-order valence-electron chi connectivity index (χ4n) is 3.48. The van der Waals surface area contributed by atoms with Crippen molar-refractivity contribution in [1.29, 1.82) is 0 Å². The minimum absolute atomic E-state index is 0.0457. The highest BCUT2D eigenvalue weighted by molar-refractivity contribution is 5.78. The van der Waals surface area contributed by atoms with Crippen LogP contribution in [0.15, 0.2) is 52.9 Å². The molecular weight excluding hydrogens is 389 g/mol. The van der Waals surface area contributed by atoms with E-state index >= 15 is 0 Å². The second-order valence-electron chi connectivity index (χ2n) is 7.07. The van der Waals surface area contributed by atoms with Crippen LogP contribution in [0.2, 0.25) is 0 Å².